The number of thioether (sulfide) groups is 1. The molecule has 1 aromatic carbocycles. The quantitative estimate of drug-likeness (QED) is 0.386. The lowest BCUT2D eigenvalue weighted by Gasteiger charge is -2.38. The van der Waals surface area contributed by atoms with E-state index in [1.165, 1.54) is 43.9 Å². The zero-order valence-electron chi connectivity index (χ0n) is 19.6. The fourth-order valence-electron chi connectivity index (χ4n) is 4.43. The van der Waals surface area contributed by atoms with E-state index >= 15 is 0 Å². The maximum atomic E-state index is 13.2. The Labute approximate surface area is 196 Å². The zero-order valence-corrected chi connectivity index (χ0v) is 20.4. The van der Waals surface area contributed by atoms with Gasteiger partial charge in [0.1, 0.15) is 0 Å². The number of hydrogen-bond donors (Lipinski definition) is 0. The number of para-hydroxylation sites is 1. The standard InChI is InChI=1S/C25H37N3O3S/c1-3-5-6-7-8-9-10-15-22(29)26-16-18-27(19-17-26)24(30)23-25(31)28(4-2)20-13-11-12-14-21(20)32-23/h11-14,23H,3-10,15-19H2,1-2H3. The minimum absolute atomic E-state index is 0.132. The van der Waals surface area contributed by atoms with Crippen molar-refractivity contribution in [3.8, 4) is 0 Å². The smallest absolute Gasteiger partial charge is 0.250 e. The van der Waals surface area contributed by atoms with E-state index in [1.54, 1.807) is 9.80 Å². The number of nitrogens with zero attached hydrogens (tertiary/aromatic N) is 3. The number of unbranched alkanes of at least 4 members (excludes halogenated alkanes) is 6. The normalized spacial score (nSPS) is 18.6. The number of anilines is 1. The Kier molecular flexibility index (Phi) is 9.45. The predicted octanol–water partition coefficient (Wildman–Crippen LogP) is 4.33. The third-order valence-electron chi connectivity index (χ3n) is 6.37. The van der Waals surface area contributed by atoms with Crippen LogP contribution in [0.4, 0.5) is 5.69 Å². The molecule has 3 amide bonds. The Bertz CT molecular complexity index is 792. The second kappa shape index (κ2) is 12.3. The monoisotopic (exact) mass is 459 g/mol. The van der Waals surface area contributed by atoms with Crippen molar-refractivity contribution in [2.45, 2.75) is 75.4 Å². The predicted molar refractivity (Wildman–Crippen MR) is 130 cm³/mol. The number of hydrogen-bond acceptors (Lipinski definition) is 4. The molecule has 7 heteroatoms. The molecule has 2 heterocycles. The van der Waals surface area contributed by atoms with Gasteiger partial charge in [-0.2, -0.15) is 0 Å². The van der Waals surface area contributed by atoms with E-state index < -0.39 is 5.25 Å². The van der Waals surface area contributed by atoms with Gasteiger partial charge in [-0.1, -0.05) is 57.6 Å². The van der Waals surface area contributed by atoms with Gasteiger partial charge >= 0.3 is 0 Å². The molecule has 0 radical (unpaired) electrons. The number of piperazine rings is 1. The molecule has 2 aliphatic heterocycles. The van der Waals surface area contributed by atoms with E-state index in [0.717, 1.165) is 23.4 Å². The topological polar surface area (TPSA) is 60.9 Å². The van der Waals surface area contributed by atoms with Crippen molar-refractivity contribution in [1.29, 1.82) is 0 Å². The SMILES string of the molecule is CCCCCCCCCC(=O)N1CCN(C(=O)C2Sc3ccccc3N(CC)C2=O)CC1. The number of carbonyl (C=O) groups is 3. The van der Waals surface area contributed by atoms with Crippen LogP contribution in [0.3, 0.4) is 0 Å². The van der Waals surface area contributed by atoms with Gasteiger partial charge in [-0.3, -0.25) is 14.4 Å². The lowest BCUT2D eigenvalue weighted by Crippen LogP contribution is -2.55. The van der Waals surface area contributed by atoms with E-state index in [0.29, 0.717) is 39.1 Å². The van der Waals surface area contributed by atoms with E-state index in [9.17, 15) is 14.4 Å². The molecule has 6 nitrogen and oxygen atoms in total. The maximum Gasteiger partial charge on any atom is 0.250 e. The molecule has 1 aromatic rings. The van der Waals surface area contributed by atoms with Crippen molar-refractivity contribution in [2.24, 2.45) is 0 Å². The van der Waals surface area contributed by atoms with Crippen molar-refractivity contribution in [3.05, 3.63) is 24.3 Å². The molecule has 1 unspecified atom stereocenters. The second-order valence-corrected chi connectivity index (χ2v) is 9.77. The molecular formula is C25H37N3O3S. The molecule has 0 spiro atoms. The van der Waals surface area contributed by atoms with Crippen LogP contribution in [0.1, 0.15) is 65.2 Å². The molecule has 1 fully saturated rings. The minimum atomic E-state index is -0.736. The van der Waals surface area contributed by atoms with Crippen LogP contribution in [0.2, 0.25) is 0 Å². The van der Waals surface area contributed by atoms with Gasteiger partial charge in [-0.15, -0.1) is 11.8 Å². The summed E-state index contributed by atoms with van der Waals surface area (Å²) in [6.45, 7) is 6.81. The van der Waals surface area contributed by atoms with Crippen molar-refractivity contribution in [2.75, 3.05) is 37.6 Å². The van der Waals surface area contributed by atoms with Gasteiger partial charge in [0.15, 0.2) is 5.25 Å². The number of fused-ring (bicyclic) bond motifs is 1. The summed E-state index contributed by atoms with van der Waals surface area (Å²) in [4.78, 5) is 45.0. The van der Waals surface area contributed by atoms with Crippen LogP contribution >= 0.6 is 11.8 Å². The van der Waals surface area contributed by atoms with Crippen LogP contribution in [0.15, 0.2) is 29.2 Å². The Hall–Kier alpha value is -2.02. The van der Waals surface area contributed by atoms with Crippen LogP contribution in [-0.2, 0) is 14.4 Å². The summed E-state index contributed by atoms with van der Waals surface area (Å²) in [7, 11) is 0. The van der Waals surface area contributed by atoms with Crippen LogP contribution in [0, 0.1) is 0 Å². The van der Waals surface area contributed by atoms with Crippen molar-refractivity contribution in [3.63, 3.8) is 0 Å². The average Bonchev–Trinajstić information content (AvgIpc) is 2.82. The molecule has 0 bridgehead atoms. The van der Waals surface area contributed by atoms with Crippen LogP contribution in [0.5, 0.6) is 0 Å². The number of carbonyl (C=O) groups excluding carboxylic acids is 3. The van der Waals surface area contributed by atoms with E-state index in [-0.39, 0.29) is 17.7 Å². The number of rotatable bonds is 10. The van der Waals surface area contributed by atoms with Crippen molar-refractivity contribution >= 4 is 35.2 Å². The third-order valence-corrected chi connectivity index (χ3v) is 7.61. The molecule has 0 saturated carbocycles. The van der Waals surface area contributed by atoms with Crippen LogP contribution < -0.4 is 4.90 Å². The minimum Gasteiger partial charge on any atom is -0.339 e. The van der Waals surface area contributed by atoms with E-state index in [1.807, 2.05) is 36.1 Å². The van der Waals surface area contributed by atoms with E-state index in [2.05, 4.69) is 6.92 Å². The van der Waals surface area contributed by atoms with Crippen LogP contribution in [0.25, 0.3) is 0 Å². The molecule has 3 rings (SSSR count). The Balaban J connectivity index is 1.45. The number of amides is 3. The highest BCUT2D eigenvalue weighted by atomic mass is 32.2. The molecule has 32 heavy (non-hydrogen) atoms. The summed E-state index contributed by atoms with van der Waals surface area (Å²) in [5.41, 5.74) is 0.884. The first-order chi connectivity index (χ1) is 15.6. The summed E-state index contributed by atoms with van der Waals surface area (Å²) < 4.78 is 0. The highest BCUT2D eigenvalue weighted by molar-refractivity contribution is 8.01. The van der Waals surface area contributed by atoms with Crippen molar-refractivity contribution in [1.82, 2.24) is 9.80 Å². The fourth-order valence-corrected chi connectivity index (χ4v) is 5.62. The summed E-state index contributed by atoms with van der Waals surface area (Å²) in [6.07, 6.45) is 8.99. The fraction of sp³-hybridized carbons (Fsp3) is 0.640. The van der Waals surface area contributed by atoms with E-state index in [4.69, 9.17) is 0 Å². The second-order valence-electron chi connectivity index (χ2n) is 8.63. The highest BCUT2D eigenvalue weighted by Gasteiger charge is 2.40. The summed E-state index contributed by atoms with van der Waals surface area (Å²) >= 11 is 1.35. The third kappa shape index (κ3) is 6.06. The summed E-state index contributed by atoms with van der Waals surface area (Å²) in [5, 5.41) is -0.736. The molecule has 0 aromatic heterocycles. The average molecular weight is 460 g/mol. The largest absolute Gasteiger partial charge is 0.339 e. The Morgan fingerprint density at radius 2 is 1.53 bits per heavy atom. The molecule has 2 aliphatic rings. The summed E-state index contributed by atoms with van der Waals surface area (Å²) in [6, 6.07) is 7.75. The Morgan fingerprint density at radius 1 is 0.906 bits per heavy atom. The van der Waals surface area contributed by atoms with Gasteiger partial charge in [0.2, 0.25) is 17.7 Å². The van der Waals surface area contributed by atoms with Crippen molar-refractivity contribution < 1.29 is 14.4 Å². The first-order valence-corrected chi connectivity index (χ1v) is 13.1. The van der Waals surface area contributed by atoms with Gasteiger partial charge in [-0.05, 0) is 25.5 Å². The first-order valence-electron chi connectivity index (χ1n) is 12.2. The molecule has 0 N–H and O–H groups in total. The van der Waals surface area contributed by atoms with Gasteiger partial charge in [-0.25, -0.2) is 0 Å². The zero-order chi connectivity index (χ0) is 22.9. The maximum absolute atomic E-state index is 13.2. The van der Waals surface area contributed by atoms with Crippen LogP contribution in [-0.4, -0.2) is 65.5 Å². The van der Waals surface area contributed by atoms with Gasteiger partial charge < -0.3 is 14.7 Å². The highest BCUT2D eigenvalue weighted by Crippen LogP contribution is 2.39. The van der Waals surface area contributed by atoms with Gasteiger partial charge in [0, 0.05) is 44.0 Å². The molecule has 0 aliphatic carbocycles. The molecule has 1 saturated heterocycles. The first kappa shape index (κ1) is 24.6. The van der Waals surface area contributed by atoms with Gasteiger partial charge in [0.25, 0.3) is 0 Å². The summed E-state index contributed by atoms with van der Waals surface area (Å²) in [5.74, 6) is -0.0781. The lowest BCUT2D eigenvalue weighted by atomic mass is 10.1. The lowest BCUT2D eigenvalue weighted by molar-refractivity contribution is -0.141. The number of benzene rings is 1. The molecule has 1 atom stereocenters. The Morgan fingerprint density at radius 3 is 2.22 bits per heavy atom. The van der Waals surface area contributed by atoms with Gasteiger partial charge in [0.05, 0.1) is 5.69 Å². The molecular weight excluding hydrogens is 422 g/mol. The molecule has 176 valence electrons.